The molecule has 0 atom stereocenters. The number of aromatic carboxylic acids is 1. The van der Waals surface area contributed by atoms with Gasteiger partial charge in [0.2, 0.25) is 0 Å². The largest absolute Gasteiger partial charge is 0.478 e. The van der Waals surface area contributed by atoms with Gasteiger partial charge in [0.05, 0.1) is 16.5 Å². The molecule has 0 fully saturated rings. The van der Waals surface area contributed by atoms with E-state index in [-0.39, 0.29) is 11.1 Å². The van der Waals surface area contributed by atoms with Gasteiger partial charge >= 0.3 is 5.97 Å². The van der Waals surface area contributed by atoms with Crippen molar-refractivity contribution in [2.75, 3.05) is 0 Å². The highest BCUT2D eigenvalue weighted by Gasteiger charge is 2.21. The number of carbonyl (C=O) groups is 1. The van der Waals surface area contributed by atoms with Crippen molar-refractivity contribution in [1.82, 2.24) is 9.55 Å². The van der Waals surface area contributed by atoms with Crippen molar-refractivity contribution < 1.29 is 9.90 Å². The average Bonchev–Trinajstić information content (AvgIpc) is 3.18. The predicted octanol–water partition coefficient (Wildman–Crippen LogP) is 3.10. The Kier molecular flexibility index (Phi) is 3.12. The molecule has 1 aromatic carbocycles. The van der Waals surface area contributed by atoms with Crippen LogP contribution in [0.5, 0.6) is 0 Å². The Morgan fingerprint density at radius 3 is 2.96 bits per heavy atom. The highest BCUT2D eigenvalue weighted by atomic mass is 32.1. The summed E-state index contributed by atoms with van der Waals surface area (Å²) in [6.07, 6.45) is 2.79. The Hall–Kier alpha value is -2.73. The molecule has 4 rings (SSSR count). The van der Waals surface area contributed by atoms with E-state index in [9.17, 15) is 9.59 Å². The van der Waals surface area contributed by atoms with Crippen molar-refractivity contribution in [2.45, 2.75) is 13.0 Å². The average molecular weight is 324 g/mol. The first kappa shape index (κ1) is 13.9. The lowest BCUT2D eigenvalue weighted by Crippen LogP contribution is -2.20. The maximum Gasteiger partial charge on any atom is 0.335 e. The molecular weight excluding hydrogens is 312 g/mol. The van der Waals surface area contributed by atoms with Gasteiger partial charge in [0.1, 0.15) is 5.82 Å². The van der Waals surface area contributed by atoms with E-state index in [1.165, 1.54) is 12.1 Å². The molecule has 0 saturated heterocycles. The highest BCUT2D eigenvalue weighted by Crippen LogP contribution is 2.28. The molecule has 3 aromatic rings. The first-order valence-corrected chi connectivity index (χ1v) is 8.09. The van der Waals surface area contributed by atoms with Gasteiger partial charge in [0.25, 0.3) is 5.56 Å². The minimum Gasteiger partial charge on any atom is -0.478 e. The van der Waals surface area contributed by atoms with Gasteiger partial charge in [-0.3, -0.25) is 9.36 Å². The van der Waals surface area contributed by atoms with E-state index in [0.29, 0.717) is 23.3 Å². The number of carboxylic acids is 1. The molecule has 1 aliphatic rings. The van der Waals surface area contributed by atoms with Crippen molar-refractivity contribution in [3.05, 3.63) is 62.3 Å². The van der Waals surface area contributed by atoms with E-state index in [0.717, 1.165) is 17.6 Å². The molecule has 0 radical (unpaired) electrons. The summed E-state index contributed by atoms with van der Waals surface area (Å²) in [5.74, 6) is -0.389. The normalized spacial score (nSPS) is 15.2. The van der Waals surface area contributed by atoms with E-state index in [1.807, 2.05) is 22.9 Å². The summed E-state index contributed by atoms with van der Waals surface area (Å²) in [4.78, 5) is 28.3. The molecule has 0 saturated carbocycles. The number of hydrogen-bond acceptors (Lipinski definition) is 4. The fraction of sp³-hybridized carbons (Fsp3) is 0.118. The third-order valence-corrected chi connectivity index (χ3v) is 4.68. The molecule has 3 heterocycles. The van der Waals surface area contributed by atoms with E-state index in [1.54, 1.807) is 22.0 Å². The Morgan fingerprint density at radius 1 is 1.35 bits per heavy atom. The molecule has 0 aliphatic carbocycles. The van der Waals surface area contributed by atoms with Gasteiger partial charge in [-0.05, 0) is 58.7 Å². The van der Waals surface area contributed by atoms with E-state index in [4.69, 9.17) is 5.11 Å². The maximum absolute atomic E-state index is 12.6. The number of thiophene rings is 1. The van der Waals surface area contributed by atoms with Crippen molar-refractivity contribution >= 4 is 39.9 Å². The molecule has 114 valence electrons. The molecule has 1 N–H and O–H groups in total. The summed E-state index contributed by atoms with van der Waals surface area (Å²) in [6.45, 7) is 0.605. The van der Waals surface area contributed by atoms with Crippen LogP contribution in [0.3, 0.4) is 0 Å². The topological polar surface area (TPSA) is 72.2 Å². The van der Waals surface area contributed by atoms with Gasteiger partial charge < -0.3 is 5.11 Å². The molecule has 6 heteroatoms. The van der Waals surface area contributed by atoms with Gasteiger partial charge in [-0.2, -0.15) is 11.3 Å². The highest BCUT2D eigenvalue weighted by molar-refractivity contribution is 7.08. The lowest BCUT2D eigenvalue weighted by molar-refractivity contribution is 0.0697. The second-order valence-corrected chi connectivity index (χ2v) is 6.19. The van der Waals surface area contributed by atoms with Crippen LogP contribution >= 0.6 is 11.3 Å². The Bertz CT molecular complexity index is 1020. The van der Waals surface area contributed by atoms with Gasteiger partial charge in [0, 0.05) is 6.54 Å². The van der Waals surface area contributed by atoms with E-state index < -0.39 is 5.97 Å². The number of carboxylic acid groups (broad SMARTS) is 1. The maximum atomic E-state index is 12.6. The SMILES string of the molecule is O=C(O)c1ccc2c(=O)n3c(nc2c1)/C(=C\c1ccsc1)CC3. The van der Waals surface area contributed by atoms with Crippen LogP contribution in [0.25, 0.3) is 22.6 Å². The second-order valence-electron chi connectivity index (χ2n) is 5.41. The molecule has 23 heavy (non-hydrogen) atoms. The first-order chi connectivity index (χ1) is 11.1. The van der Waals surface area contributed by atoms with Crippen LogP contribution in [-0.2, 0) is 6.54 Å². The number of benzene rings is 1. The number of nitrogens with zero attached hydrogens (tertiary/aromatic N) is 2. The van der Waals surface area contributed by atoms with Gasteiger partial charge in [-0.15, -0.1) is 0 Å². The smallest absolute Gasteiger partial charge is 0.335 e. The number of hydrogen-bond donors (Lipinski definition) is 1. The summed E-state index contributed by atoms with van der Waals surface area (Å²) in [5, 5.41) is 13.6. The quantitative estimate of drug-likeness (QED) is 0.786. The monoisotopic (exact) mass is 324 g/mol. The Labute approximate surface area is 135 Å². The third-order valence-electron chi connectivity index (χ3n) is 3.98. The van der Waals surface area contributed by atoms with Crippen LogP contribution in [0, 0.1) is 0 Å². The van der Waals surface area contributed by atoms with Crippen molar-refractivity contribution in [3.63, 3.8) is 0 Å². The summed E-state index contributed by atoms with van der Waals surface area (Å²) in [7, 11) is 0. The van der Waals surface area contributed by atoms with Crippen LogP contribution in [0.4, 0.5) is 0 Å². The standard InChI is InChI=1S/C17H12N2O3S/c20-16-13-2-1-12(17(21)22)8-14(13)18-15-11(3-5-19(15)16)7-10-4-6-23-9-10/h1-2,4,6-9H,3,5H2,(H,21,22)/b11-7-. The van der Waals surface area contributed by atoms with Gasteiger partial charge in [0.15, 0.2) is 0 Å². The minimum absolute atomic E-state index is 0.115. The zero-order chi connectivity index (χ0) is 16.0. The minimum atomic E-state index is -1.02. The zero-order valence-corrected chi connectivity index (χ0v) is 12.8. The molecule has 1 aliphatic heterocycles. The predicted molar refractivity (Wildman–Crippen MR) is 89.8 cm³/mol. The first-order valence-electron chi connectivity index (χ1n) is 7.14. The van der Waals surface area contributed by atoms with Gasteiger partial charge in [-0.25, -0.2) is 9.78 Å². The van der Waals surface area contributed by atoms with Crippen molar-refractivity contribution in [1.29, 1.82) is 0 Å². The number of aromatic nitrogens is 2. The lowest BCUT2D eigenvalue weighted by Gasteiger charge is -2.06. The van der Waals surface area contributed by atoms with Crippen LogP contribution in [-0.4, -0.2) is 20.6 Å². The summed E-state index contributed by atoms with van der Waals surface area (Å²) in [6, 6.07) is 6.46. The van der Waals surface area contributed by atoms with Crippen molar-refractivity contribution in [2.24, 2.45) is 0 Å². The number of fused-ring (bicyclic) bond motifs is 2. The van der Waals surface area contributed by atoms with Crippen LogP contribution < -0.4 is 5.56 Å². The molecule has 0 unspecified atom stereocenters. The lowest BCUT2D eigenvalue weighted by atomic mass is 10.1. The molecule has 2 aromatic heterocycles. The molecular formula is C17H12N2O3S. The molecule has 5 nitrogen and oxygen atoms in total. The van der Waals surface area contributed by atoms with Gasteiger partial charge in [-0.1, -0.05) is 0 Å². The summed E-state index contributed by atoms with van der Waals surface area (Å²) < 4.78 is 1.67. The summed E-state index contributed by atoms with van der Waals surface area (Å²) >= 11 is 1.62. The van der Waals surface area contributed by atoms with Crippen LogP contribution in [0.1, 0.15) is 28.2 Å². The Morgan fingerprint density at radius 2 is 2.22 bits per heavy atom. The molecule has 0 amide bonds. The number of allylic oxidation sites excluding steroid dienone is 1. The molecule has 0 bridgehead atoms. The number of rotatable bonds is 2. The van der Waals surface area contributed by atoms with Crippen LogP contribution in [0.2, 0.25) is 0 Å². The van der Waals surface area contributed by atoms with Crippen molar-refractivity contribution in [3.8, 4) is 0 Å². The Balaban J connectivity index is 1.94. The van der Waals surface area contributed by atoms with E-state index in [2.05, 4.69) is 4.98 Å². The third kappa shape index (κ3) is 2.27. The van der Waals surface area contributed by atoms with E-state index >= 15 is 0 Å². The molecule has 0 spiro atoms. The fourth-order valence-electron chi connectivity index (χ4n) is 2.85. The fourth-order valence-corrected chi connectivity index (χ4v) is 3.46. The summed E-state index contributed by atoms with van der Waals surface area (Å²) in [5.41, 5.74) is 2.54. The second kappa shape index (κ2) is 5.17. The zero-order valence-electron chi connectivity index (χ0n) is 12.0. The van der Waals surface area contributed by atoms with Crippen LogP contribution in [0.15, 0.2) is 39.8 Å².